The molecule has 0 saturated heterocycles. The summed E-state index contributed by atoms with van der Waals surface area (Å²) < 4.78 is 37.5. The molecule has 0 fully saturated rings. The Hall–Kier alpha value is -2.66. The Balaban J connectivity index is 2.30. The van der Waals surface area contributed by atoms with E-state index in [2.05, 4.69) is 10.1 Å². The summed E-state index contributed by atoms with van der Waals surface area (Å²) in [6, 6.07) is 9.39. The summed E-state index contributed by atoms with van der Waals surface area (Å²) >= 11 is 0.928. The van der Waals surface area contributed by atoms with Crippen LogP contribution in [-0.2, 0) is 39.2 Å². The number of aliphatic hydroxyl groups excluding tert-OH is 2. The molecule has 4 unspecified atom stereocenters. The first-order valence-electron chi connectivity index (χ1n) is 15.0. The maximum Gasteiger partial charge on any atom is 0.405 e. The van der Waals surface area contributed by atoms with Crippen LogP contribution in [0.2, 0.25) is 0 Å². The molecule has 0 aliphatic carbocycles. The number of nitrogens with two attached hydrogens (primary N) is 2. The van der Waals surface area contributed by atoms with Crippen molar-refractivity contribution in [2.45, 2.75) is 65.6 Å². The molecule has 0 aliphatic rings. The van der Waals surface area contributed by atoms with Crippen molar-refractivity contribution in [2.24, 2.45) is 23.0 Å². The lowest BCUT2D eigenvalue weighted by Gasteiger charge is -2.34. The molecule has 1 aromatic heterocycles. The van der Waals surface area contributed by atoms with Crippen LogP contribution in [0.3, 0.4) is 0 Å². The minimum Gasteiger partial charge on any atom is -0.458 e. The molecule has 0 spiro atoms. The highest BCUT2D eigenvalue weighted by Gasteiger charge is 2.39. The summed E-state index contributed by atoms with van der Waals surface area (Å²) in [4.78, 5) is 41.6. The van der Waals surface area contributed by atoms with Crippen LogP contribution in [0.25, 0.3) is 0 Å². The average molecular weight is 702 g/mol. The summed E-state index contributed by atoms with van der Waals surface area (Å²) in [7, 11) is -2.82. The Morgan fingerprint density at radius 2 is 1.81 bits per heavy atom. The van der Waals surface area contributed by atoms with Gasteiger partial charge in [-0.2, -0.15) is 4.98 Å². The van der Waals surface area contributed by atoms with Gasteiger partial charge in [-0.15, -0.1) is 0 Å². The highest BCUT2D eigenvalue weighted by molar-refractivity contribution is 8.13. The van der Waals surface area contributed by atoms with Gasteiger partial charge < -0.3 is 31.2 Å². The molecule has 0 amide bonds. The molecule has 15 nitrogen and oxygen atoms in total. The van der Waals surface area contributed by atoms with Crippen LogP contribution in [0.15, 0.2) is 47.4 Å². The fourth-order valence-corrected chi connectivity index (χ4v) is 6.31. The zero-order valence-corrected chi connectivity index (χ0v) is 29.3. The molecule has 0 aliphatic heterocycles. The van der Waals surface area contributed by atoms with Crippen LogP contribution in [0.1, 0.15) is 46.4 Å². The van der Waals surface area contributed by atoms with Gasteiger partial charge in [0.05, 0.1) is 25.2 Å². The van der Waals surface area contributed by atoms with Gasteiger partial charge in [0.1, 0.15) is 24.1 Å². The molecule has 264 valence electrons. The lowest BCUT2D eigenvalue weighted by Crippen LogP contribution is -2.49. The molecule has 6 atom stereocenters. The number of ether oxygens (including phenoxy) is 2. The summed E-state index contributed by atoms with van der Waals surface area (Å²) in [5.74, 6) is -1.88. The van der Waals surface area contributed by atoms with Crippen molar-refractivity contribution < 1.29 is 42.9 Å². The topological polar surface area (TPSA) is 228 Å². The first-order chi connectivity index (χ1) is 22.0. The fourth-order valence-electron chi connectivity index (χ4n) is 3.98. The van der Waals surface area contributed by atoms with Gasteiger partial charge in [0.15, 0.2) is 11.3 Å². The Labute approximate surface area is 279 Å². The number of benzene rings is 1. The van der Waals surface area contributed by atoms with E-state index in [-0.39, 0.29) is 49.0 Å². The number of hydrogen-bond donors (Lipinski definition) is 5. The van der Waals surface area contributed by atoms with Crippen molar-refractivity contribution in [3.8, 4) is 0 Å². The number of nitrogen functional groups attached to an aromatic ring is 1. The van der Waals surface area contributed by atoms with Crippen LogP contribution in [0, 0.1) is 17.3 Å². The molecule has 1 heterocycles. The Kier molecular flexibility index (Phi) is 16.2. The summed E-state index contributed by atoms with van der Waals surface area (Å²) in [6.07, 6.45) is -3.12. The molecular weight excluding hydrogens is 653 g/mol. The molecule has 0 saturated carbocycles. The van der Waals surface area contributed by atoms with Crippen LogP contribution < -0.4 is 22.2 Å². The standard InChI is InChI=1S/C30H48N5O10PS/c1-19(2)23(32)27(38)45-25(24(37)26(42-6)35-13-12-22(31)34-29(35)40)20(3)17-44-46(41,33-16-21-10-8-7-9-11-21)43-14-15-47-28(39)30(4,5)18-36/h7-13,19-20,23-26,36-37H,14-18,32H2,1-6H3,(H,33,41)(H2,31,34,40)/t20-,23?,24?,25+,26?,46?/m1/s1. The number of methoxy groups -OCH3 is 1. The van der Waals surface area contributed by atoms with E-state index in [1.54, 1.807) is 34.6 Å². The van der Waals surface area contributed by atoms with Crippen molar-refractivity contribution in [1.29, 1.82) is 0 Å². The van der Waals surface area contributed by atoms with Gasteiger partial charge >= 0.3 is 19.4 Å². The van der Waals surface area contributed by atoms with Gasteiger partial charge in [-0.25, -0.2) is 14.4 Å². The lowest BCUT2D eigenvalue weighted by atomic mass is 9.97. The average Bonchev–Trinajstić information content (AvgIpc) is 3.04. The number of hydrogen-bond acceptors (Lipinski definition) is 14. The zero-order valence-electron chi connectivity index (χ0n) is 27.6. The van der Waals surface area contributed by atoms with Crippen molar-refractivity contribution in [2.75, 3.05) is 38.4 Å². The van der Waals surface area contributed by atoms with Gasteiger partial charge in [-0.05, 0) is 31.4 Å². The number of rotatable bonds is 20. The highest BCUT2D eigenvalue weighted by Crippen LogP contribution is 2.45. The van der Waals surface area contributed by atoms with Crippen LogP contribution >= 0.6 is 19.5 Å². The van der Waals surface area contributed by atoms with Crippen molar-refractivity contribution in [1.82, 2.24) is 14.6 Å². The van der Waals surface area contributed by atoms with Crippen LogP contribution in [0.4, 0.5) is 5.82 Å². The third-order valence-corrected chi connectivity index (χ3v) is 9.89. The van der Waals surface area contributed by atoms with E-state index in [0.717, 1.165) is 21.9 Å². The predicted molar refractivity (Wildman–Crippen MR) is 178 cm³/mol. The van der Waals surface area contributed by atoms with E-state index in [1.807, 2.05) is 30.3 Å². The van der Waals surface area contributed by atoms with E-state index in [9.17, 15) is 29.2 Å². The lowest BCUT2D eigenvalue weighted by molar-refractivity contribution is -0.177. The second-order valence-corrected chi connectivity index (χ2v) is 14.8. The van der Waals surface area contributed by atoms with Crippen molar-refractivity contribution in [3.63, 3.8) is 0 Å². The van der Waals surface area contributed by atoms with Crippen molar-refractivity contribution >= 4 is 36.4 Å². The van der Waals surface area contributed by atoms with Gasteiger partial charge in [0.2, 0.25) is 0 Å². The minimum absolute atomic E-state index is 0.0399. The van der Waals surface area contributed by atoms with E-state index >= 15 is 0 Å². The Bertz CT molecular complexity index is 1400. The second-order valence-electron chi connectivity index (χ2n) is 11.9. The van der Waals surface area contributed by atoms with E-state index in [4.69, 9.17) is 30.0 Å². The van der Waals surface area contributed by atoms with Gasteiger partial charge in [0, 0.05) is 31.5 Å². The molecule has 7 N–H and O–H groups in total. The van der Waals surface area contributed by atoms with Crippen LogP contribution in [0.5, 0.6) is 0 Å². The largest absolute Gasteiger partial charge is 0.458 e. The normalized spacial score (nSPS) is 16.6. The Morgan fingerprint density at radius 3 is 2.38 bits per heavy atom. The quantitative estimate of drug-likeness (QED) is 0.0756. The second kappa shape index (κ2) is 18.8. The molecule has 17 heteroatoms. The number of thioether (sulfide) groups is 1. The van der Waals surface area contributed by atoms with Gasteiger partial charge in [0.25, 0.3) is 0 Å². The number of aromatic nitrogens is 2. The fraction of sp³-hybridized carbons (Fsp3) is 0.600. The minimum atomic E-state index is -4.07. The number of esters is 1. The number of anilines is 1. The molecule has 1 aromatic carbocycles. The highest BCUT2D eigenvalue weighted by atomic mass is 32.2. The number of carbonyl (C=O) groups is 2. The molecule has 0 radical (unpaired) electrons. The van der Waals surface area contributed by atoms with Gasteiger partial charge in [-0.3, -0.25) is 23.2 Å². The van der Waals surface area contributed by atoms with Gasteiger partial charge in [-0.1, -0.05) is 62.9 Å². The Morgan fingerprint density at radius 1 is 1.15 bits per heavy atom. The van der Waals surface area contributed by atoms with E-state index < -0.39 is 55.2 Å². The van der Waals surface area contributed by atoms with Crippen LogP contribution in [-0.4, -0.2) is 81.8 Å². The monoisotopic (exact) mass is 701 g/mol. The summed E-state index contributed by atoms with van der Waals surface area (Å²) in [5.41, 5.74) is 10.6. The predicted octanol–water partition coefficient (Wildman–Crippen LogP) is 2.07. The SMILES string of the molecule is COC(C(O)[C@@H](OC(=O)C(N)C(C)C)[C@H](C)COP(=O)(NCc1ccccc1)OCCSC(=O)C(C)(C)CO)n1ccc(N)nc1=O. The number of carbonyl (C=O) groups excluding carboxylic acids is 2. The zero-order chi connectivity index (χ0) is 35.4. The smallest absolute Gasteiger partial charge is 0.405 e. The van der Waals surface area contributed by atoms with Crippen molar-refractivity contribution in [3.05, 3.63) is 58.6 Å². The third kappa shape index (κ3) is 12.4. The molecule has 2 rings (SSSR count). The molecular formula is C30H48N5O10PS. The van der Waals surface area contributed by atoms with E-state index in [0.29, 0.717) is 0 Å². The molecule has 47 heavy (non-hydrogen) atoms. The third-order valence-electron chi connectivity index (χ3n) is 7.15. The molecule has 0 bridgehead atoms. The maximum absolute atomic E-state index is 13.9. The molecule has 2 aromatic rings. The number of nitrogens with one attached hydrogen (secondary N) is 1. The summed E-state index contributed by atoms with van der Waals surface area (Å²) in [6.45, 7) is 7.53. The number of nitrogens with zero attached hydrogens (tertiary/aromatic N) is 2. The number of aliphatic hydroxyl groups is 2. The first kappa shape index (κ1) is 40.5. The maximum atomic E-state index is 13.9. The van der Waals surface area contributed by atoms with E-state index in [1.165, 1.54) is 19.4 Å². The first-order valence-corrected chi connectivity index (χ1v) is 17.6. The summed E-state index contributed by atoms with van der Waals surface area (Å²) in [5, 5.41) is 23.5.